The molecule has 0 spiro atoms. The van der Waals surface area contributed by atoms with Crippen LogP contribution in [0.25, 0.3) is 11.1 Å². The third-order valence-electron chi connectivity index (χ3n) is 6.21. The summed E-state index contributed by atoms with van der Waals surface area (Å²) in [5, 5.41) is 0. The Morgan fingerprint density at radius 1 is 0.826 bits per heavy atom. The Morgan fingerprint density at radius 3 is 2.48 bits per heavy atom. The topological polar surface area (TPSA) is 0 Å². The third-order valence-corrected chi connectivity index (χ3v) is 6.21. The summed E-state index contributed by atoms with van der Waals surface area (Å²) in [6.07, 6.45) is 14.6. The van der Waals surface area contributed by atoms with Crippen molar-refractivity contribution in [3.8, 4) is 11.1 Å². The molecule has 0 amide bonds. The van der Waals surface area contributed by atoms with Crippen LogP contribution in [0.1, 0.15) is 48.8 Å². The van der Waals surface area contributed by atoms with Crippen LogP contribution < -0.4 is 0 Å². The molecule has 1 fully saturated rings. The molecule has 3 aliphatic rings. The van der Waals surface area contributed by atoms with E-state index in [9.17, 15) is 0 Å². The maximum Gasteiger partial charge on any atom is 0.0171 e. The van der Waals surface area contributed by atoms with Gasteiger partial charge in [0.1, 0.15) is 0 Å². The smallest absolute Gasteiger partial charge is 0.0171 e. The minimum absolute atomic E-state index is 0.302. The Kier molecular flexibility index (Phi) is 2.88. The van der Waals surface area contributed by atoms with Crippen LogP contribution in [0.4, 0.5) is 0 Å². The molecule has 1 saturated carbocycles. The van der Waals surface area contributed by atoms with E-state index in [1.807, 2.05) is 0 Å². The van der Waals surface area contributed by atoms with Gasteiger partial charge in [-0.25, -0.2) is 0 Å². The van der Waals surface area contributed by atoms with Gasteiger partial charge in [-0.1, -0.05) is 79.1 Å². The summed E-state index contributed by atoms with van der Waals surface area (Å²) in [6, 6.07) is 16.0. The normalized spacial score (nSPS) is 20.4. The second kappa shape index (κ2) is 4.96. The van der Waals surface area contributed by atoms with E-state index in [4.69, 9.17) is 0 Å². The van der Waals surface area contributed by atoms with Crippen LogP contribution in [-0.2, 0) is 11.8 Å². The Morgan fingerprint density at radius 2 is 1.65 bits per heavy atom. The molecule has 0 nitrogen and oxygen atoms in total. The maximum absolute atomic E-state index is 2.43. The highest BCUT2D eigenvalue weighted by Crippen LogP contribution is 2.52. The van der Waals surface area contributed by atoms with Gasteiger partial charge in [-0.05, 0) is 53.5 Å². The number of hydrogen-bond donors (Lipinski definition) is 0. The fraction of sp³-hybridized carbons (Fsp3) is 0.304. The zero-order valence-electron chi connectivity index (χ0n) is 13.5. The zero-order valence-corrected chi connectivity index (χ0v) is 13.5. The second-order valence-corrected chi connectivity index (χ2v) is 7.28. The first kappa shape index (κ1) is 13.4. The molecule has 0 N–H and O–H groups in total. The van der Waals surface area contributed by atoms with E-state index in [0.29, 0.717) is 5.41 Å². The Bertz CT molecular complexity index is 829. The van der Waals surface area contributed by atoms with E-state index < -0.39 is 0 Å². The van der Waals surface area contributed by atoms with Crippen LogP contribution in [0.15, 0.2) is 66.3 Å². The largest absolute Gasteiger partial charge is 0.0804 e. The number of rotatable bonds is 2. The van der Waals surface area contributed by atoms with Crippen molar-refractivity contribution in [2.75, 3.05) is 0 Å². The minimum atomic E-state index is 0.302. The Labute approximate surface area is 138 Å². The molecule has 2 aromatic carbocycles. The Balaban J connectivity index is 1.70. The molecule has 0 saturated heterocycles. The van der Waals surface area contributed by atoms with Crippen LogP contribution in [0.3, 0.4) is 0 Å². The molecule has 0 aliphatic heterocycles. The van der Waals surface area contributed by atoms with Crippen molar-refractivity contribution in [2.45, 2.75) is 43.9 Å². The standard InChI is InChI=1S/C23H22/c1-4-11-19-17(8-1)16-21-20(19)12-7-13-22(21)23(14-5-6-15-23)18-9-2-3-10-18/h1-4,7-9,11-13H,5-6,10,14-16H2. The molecule has 114 valence electrons. The monoisotopic (exact) mass is 298 g/mol. The number of fused-ring (bicyclic) bond motifs is 3. The van der Waals surface area contributed by atoms with Crippen molar-refractivity contribution >= 4 is 0 Å². The molecular formula is C23H22. The summed E-state index contributed by atoms with van der Waals surface area (Å²) in [6.45, 7) is 0. The average molecular weight is 298 g/mol. The highest BCUT2D eigenvalue weighted by molar-refractivity contribution is 5.78. The number of hydrogen-bond acceptors (Lipinski definition) is 0. The highest BCUT2D eigenvalue weighted by Gasteiger charge is 2.41. The molecule has 0 bridgehead atoms. The van der Waals surface area contributed by atoms with Gasteiger partial charge in [-0.2, -0.15) is 0 Å². The molecule has 2 aromatic rings. The first-order valence-corrected chi connectivity index (χ1v) is 8.95. The van der Waals surface area contributed by atoms with Crippen molar-refractivity contribution in [1.82, 2.24) is 0 Å². The lowest BCUT2D eigenvalue weighted by Gasteiger charge is -2.34. The first-order valence-electron chi connectivity index (χ1n) is 8.95. The summed E-state index contributed by atoms with van der Waals surface area (Å²) in [5.41, 5.74) is 9.62. The fourth-order valence-electron chi connectivity index (χ4n) is 5.15. The second-order valence-electron chi connectivity index (χ2n) is 7.28. The van der Waals surface area contributed by atoms with Gasteiger partial charge in [-0.15, -0.1) is 0 Å². The molecule has 0 aromatic heterocycles. The van der Waals surface area contributed by atoms with E-state index >= 15 is 0 Å². The van der Waals surface area contributed by atoms with Crippen molar-refractivity contribution in [3.63, 3.8) is 0 Å². The van der Waals surface area contributed by atoms with Crippen molar-refractivity contribution in [1.29, 1.82) is 0 Å². The summed E-state index contributed by atoms with van der Waals surface area (Å²) in [7, 11) is 0. The van der Waals surface area contributed by atoms with Gasteiger partial charge in [0.05, 0.1) is 0 Å². The lowest BCUT2D eigenvalue weighted by molar-refractivity contribution is 0.511. The lowest BCUT2D eigenvalue weighted by Crippen LogP contribution is -2.26. The predicted molar refractivity (Wildman–Crippen MR) is 96.7 cm³/mol. The first-order chi connectivity index (χ1) is 11.4. The summed E-state index contributed by atoms with van der Waals surface area (Å²) >= 11 is 0. The summed E-state index contributed by atoms with van der Waals surface area (Å²) in [5.74, 6) is 0. The van der Waals surface area contributed by atoms with Gasteiger partial charge < -0.3 is 0 Å². The van der Waals surface area contributed by atoms with E-state index in [1.54, 1.807) is 16.7 Å². The minimum Gasteiger partial charge on any atom is -0.0804 e. The van der Waals surface area contributed by atoms with Gasteiger partial charge in [0.2, 0.25) is 0 Å². The van der Waals surface area contributed by atoms with Crippen LogP contribution >= 0.6 is 0 Å². The van der Waals surface area contributed by atoms with Crippen LogP contribution in [-0.4, -0.2) is 0 Å². The van der Waals surface area contributed by atoms with E-state index in [0.717, 1.165) is 12.8 Å². The molecule has 0 heteroatoms. The van der Waals surface area contributed by atoms with Gasteiger partial charge in [-0.3, -0.25) is 0 Å². The molecular weight excluding hydrogens is 276 g/mol. The van der Waals surface area contributed by atoms with E-state index in [-0.39, 0.29) is 0 Å². The summed E-state index contributed by atoms with van der Waals surface area (Å²) < 4.78 is 0. The maximum atomic E-state index is 2.43. The predicted octanol–water partition coefficient (Wildman–Crippen LogP) is 5.96. The molecule has 23 heavy (non-hydrogen) atoms. The van der Waals surface area contributed by atoms with Gasteiger partial charge >= 0.3 is 0 Å². The number of benzene rings is 2. The van der Waals surface area contributed by atoms with E-state index in [1.165, 1.54) is 42.4 Å². The summed E-state index contributed by atoms with van der Waals surface area (Å²) in [4.78, 5) is 0. The van der Waals surface area contributed by atoms with Crippen molar-refractivity contribution in [2.24, 2.45) is 0 Å². The quantitative estimate of drug-likeness (QED) is 0.548. The lowest BCUT2D eigenvalue weighted by atomic mass is 9.70. The van der Waals surface area contributed by atoms with Crippen LogP contribution in [0, 0.1) is 0 Å². The number of allylic oxidation sites excluding steroid dienone is 4. The van der Waals surface area contributed by atoms with Gasteiger partial charge in [0.15, 0.2) is 0 Å². The average Bonchev–Trinajstić information content (AvgIpc) is 3.33. The highest BCUT2D eigenvalue weighted by atomic mass is 14.4. The molecule has 0 heterocycles. The Hall–Kier alpha value is -2.08. The molecule has 5 rings (SSSR count). The third kappa shape index (κ3) is 1.84. The SMILES string of the molecule is C1=CCC(C2(c3cccc4c3Cc3ccccc3-4)CCCC2)=C1. The van der Waals surface area contributed by atoms with Gasteiger partial charge in [0, 0.05) is 5.41 Å². The molecule has 0 unspecified atom stereocenters. The fourth-order valence-corrected chi connectivity index (χ4v) is 5.15. The van der Waals surface area contributed by atoms with Crippen LogP contribution in [0.2, 0.25) is 0 Å². The van der Waals surface area contributed by atoms with E-state index in [2.05, 4.69) is 60.7 Å². The molecule has 0 atom stereocenters. The molecule has 0 radical (unpaired) electrons. The van der Waals surface area contributed by atoms with Crippen LogP contribution in [0.5, 0.6) is 0 Å². The van der Waals surface area contributed by atoms with Crippen molar-refractivity contribution in [3.05, 3.63) is 83.0 Å². The van der Waals surface area contributed by atoms with Gasteiger partial charge in [0.25, 0.3) is 0 Å². The van der Waals surface area contributed by atoms with Crippen molar-refractivity contribution < 1.29 is 0 Å². The zero-order chi connectivity index (χ0) is 15.3. The molecule has 3 aliphatic carbocycles.